The van der Waals surface area contributed by atoms with E-state index < -0.39 is 0 Å². The Morgan fingerprint density at radius 3 is 1.00 bits per heavy atom. The van der Waals surface area contributed by atoms with Crippen LogP contribution in [0, 0.1) is 10.8 Å². The summed E-state index contributed by atoms with van der Waals surface area (Å²) < 4.78 is 2.20. The van der Waals surface area contributed by atoms with E-state index in [1.807, 2.05) is 0 Å². The van der Waals surface area contributed by atoms with Gasteiger partial charge in [-0.3, -0.25) is 16.0 Å². The van der Waals surface area contributed by atoms with Crippen molar-refractivity contribution in [2.24, 2.45) is 22.3 Å². The van der Waals surface area contributed by atoms with Crippen molar-refractivity contribution in [2.75, 3.05) is 13.1 Å². The Kier molecular flexibility index (Phi) is 16.5. The molecule has 3 heteroatoms. The van der Waals surface area contributed by atoms with Crippen LogP contribution in [0.5, 0.6) is 0 Å². The lowest BCUT2D eigenvalue weighted by molar-refractivity contribution is -0.530. The molecule has 0 aliphatic carbocycles. The molecule has 0 aliphatic heterocycles. The summed E-state index contributed by atoms with van der Waals surface area (Å²) in [5.41, 5.74) is 12.8. The first kappa shape index (κ1) is 29.3. The van der Waals surface area contributed by atoms with Gasteiger partial charge in [0.1, 0.15) is 0 Å². The summed E-state index contributed by atoms with van der Waals surface area (Å²) in [6.45, 7) is 16.1. The molecule has 30 heavy (non-hydrogen) atoms. The van der Waals surface area contributed by atoms with Crippen LogP contribution in [0.2, 0.25) is 0 Å². The van der Waals surface area contributed by atoms with Gasteiger partial charge in [0.15, 0.2) is 0 Å². The molecule has 0 radical (unpaired) electrons. The molecule has 0 saturated heterocycles. The first-order valence-corrected chi connectivity index (χ1v) is 13.1. The van der Waals surface area contributed by atoms with Crippen LogP contribution in [-0.4, -0.2) is 23.6 Å². The quantitative estimate of drug-likeness (QED) is 0.103. The van der Waals surface area contributed by atoms with E-state index in [0.717, 1.165) is 13.1 Å². The number of nitrogens with zero attached hydrogens (tertiary/aromatic N) is 1. The Bertz CT molecular complexity index is 388. The molecule has 4 N–H and O–H groups in total. The SMILES string of the molecule is CC(C)(C)CCCCCCCCC[N+](CCCCCCCCCC(C)(C)C)=C(N)N. The largest absolute Gasteiger partial charge is 0.341 e. The fourth-order valence-electron chi connectivity index (χ4n) is 4.05. The molecule has 0 bridgehead atoms. The van der Waals surface area contributed by atoms with Crippen molar-refractivity contribution < 1.29 is 4.58 Å². The smallest absolute Gasteiger partial charge is 0.291 e. The summed E-state index contributed by atoms with van der Waals surface area (Å²) in [7, 11) is 0. The van der Waals surface area contributed by atoms with Crippen LogP contribution >= 0.6 is 0 Å². The summed E-state index contributed by atoms with van der Waals surface area (Å²) in [6.07, 6.45) is 21.5. The highest BCUT2D eigenvalue weighted by molar-refractivity contribution is 5.70. The summed E-state index contributed by atoms with van der Waals surface area (Å²) in [6, 6.07) is 0. The molecule has 0 aliphatic rings. The molecule has 0 aromatic carbocycles. The third-order valence-corrected chi connectivity index (χ3v) is 6.07. The third-order valence-electron chi connectivity index (χ3n) is 6.07. The highest BCUT2D eigenvalue weighted by Gasteiger charge is 2.09. The average molecular weight is 425 g/mol. The molecule has 3 nitrogen and oxygen atoms in total. The maximum atomic E-state index is 5.92. The molecule has 0 rings (SSSR count). The number of rotatable bonds is 18. The van der Waals surface area contributed by atoms with Crippen molar-refractivity contribution in [1.29, 1.82) is 0 Å². The maximum absolute atomic E-state index is 5.92. The highest BCUT2D eigenvalue weighted by Crippen LogP contribution is 2.23. The molecule has 0 amide bonds. The van der Waals surface area contributed by atoms with Gasteiger partial charge in [-0.1, -0.05) is 119 Å². The van der Waals surface area contributed by atoms with Crippen LogP contribution < -0.4 is 11.5 Å². The van der Waals surface area contributed by atoms with Crippen molar-refractivity contribution >= 4 is 5.96 Å². The van der Waals surface area contributed by atoms with Gasteiger partial charge in [-0.05, 0) is 36.5 Å². The standard InChI is InChI=1S/C27H57N3/c1-26(2,3)21-17-13-9-7-11-15-19-23-30(25(28)29)24-20-16-12-8-10-14-18-22-27(4,5)6/h7-24H2,1-6H3,(H3,28,29)/p+1. The van der Waals surface area contributed by atoms with Gasteiger partial charge in [0.2, 0.25) is 0 Å². The van der Waals surface area contributed by atoms with Gasteiger partial charge in [0.25, 0.3) is 0 Å². The van der Waals surface area contributed by atoms with Crippen molar-refractivity contribution in [2.45, 2.75) is 144 Å². The van der Waals surface area contributed by atoms with Crippen LogP contribution in [0.3, 0.4) is 0 Å². The molecule has 180 valence electrons. The fourth-order valence-corrected chi connectivity index (χ4v) is 4.05. The zero-order valence-electron chi connectivity index (χ0n) is 21.8. The van der Waals surface area contributed by atoms with Crippen molar-refractivity contribution in [3.05, 3.63) is 0 Å². The van der Waals surface area contributed by atoms with E-state index >= 15 is 0 Å². The first-order valence-electron chi connectivity index (χ1n) is 13.1. The van der Waals surface area contributed by atoms with Crippen LogP contribution in [0.25, 0.3) is 0 Å². The molecule has 0 fully saturated rings. The van der Waals surface area contributed by atoms with Crippen molar-refractivity contribution in [3.8, 4) is 0 Å². The molecular formula is C27H58N3+. The second-order valence-corrected chi connectivity index (χ2v) is 12.0. The third kappa shape index (κ3) is 22.0. The molecule has 0 spiro atoms. The van der Waals surface area contributed by atoms with E-state index in [1.54, 1.807) is 0 Å². The number of hydrogen-bond donors (Lipinski definition) is 2. The number of nitrogens with two attached hydrogens (primary N) is 2. The zero-order valence-corrected chi connectivity index (χ0v) is 21.8. The second kappa shape index (κ2) is 16.9. The summed E-state index contributed by atoms with van der Waals surface area (Å²) in [5, 5.41) is 0. The molecule has 0 heterocycles. The van der Waals surface area contributed by atoms with E-state index in [1.165, 1.54) is 103 Å². The van der Waals surface area contributed by atoms with E-state index in [2.05, 4.69) is 46.1 Å². The van der Waals surface area contributed by atoms with Crippen molar-refractivity contribution in [1.82, 2.24) is 0 Å². The van der Waals surface area contributed by atoms with E-state index in [-0.39, 0.29) is 0 Å². The minimum Gasteiger partial charge on any atom is -0.291 e. The lowest BCUT2D eigenvalue weighted by atomic mass is 9.89. The predicted molar refractivity (Wildman–Crippen MR) is 136 cm³/mol. The lowest BCUT2D eigenvalue weighted by Crippen LogP contribution is -2.37. The van der Waals surface area contributed by atoms with E-state index in [0.29, 0.717) is 16.8 Å². The van der Waals surface area contributed by atoms with Gasteiger partial charge in [-0.25, -0.2) is 0 Å². The first-order chi connectivity index (χ1) is 14.0. The maximum Gasteiger partial charge on any atom is 0.341 e. The van der Waals surface area contributed by atoms with Crippen LogP contribution in [-0.2, 0) is 0 Å². The minimum absolute atomic E-state index is 0.494. The Morgan fingerprint density at radius 2 is 0.733 bits per heavy atom. The number of unbranched alkanes of at least 4 members (excludes halogenated alkanes) is 12. The van der Waals surface area contributed by atoms with E-state index in [4.69, 9.17) is 11.5 Å². The van der Waals surface area contributed by atoms with Crippen LogP contribution in [0.1, 0.15) is 144 Å². The van der Waals surface area contributed by atoms with Gasteiger partial charge in [-0.2, -0.15) is 0 Å². The predicted octanol–water partition coefficient (Wildman–Crippen LogP) is 7.61. The van der Waals surface area contributed by atoms with Gasteiger partial charge in [0.05, 0.1) is 13.1 Å². The van der Waals surface area contributed by atoms with Gasteiger partial charge in [-0.15, -0.1) is 0 Å². The monoisotopic (exact) mass is 424 g/mol. The average Bonchev–Trinajstić information content (AvgIpc) is 2.61. The van der Waals surface area contributed by atoms with Gasteiger partial charge in [0, 0.05) is 0 Å². The Balaban J connectivity index is 3.59. The molecular weight excluding hydrogens is 366 g/mol. The van der Waals surface area contributed by atoms with E-state index in [9.17, 15) is 0 Å². The minimum atomic E-state index is 0.494. The zero-order chi connectivity index (χ0) is 22.9. The van der Waals surface area contributed by atoms with Gasteiger partial charge >= 0.3 is 5.96 Å². The lowest BCUT2D eigenvalue weighted by Gasteiger charge is -2.17. The fraction of sp³-hybridized carbons (Fsp3) is 0.963. The summed E-state index contributed by atoms with van der Waals surface area (Å²) in [5.74, 6) is 0.513. The Morgan fingerprint density at radius 1 is 0.467 bits per heavy atom. The highest BCUT2D eigenvalue weighted by atomic mass is 15.1. The normalized spacial score (nSPS) is 12.3. The number of guanidine groups is 1. The van der Waals surface area contributed by atoms with Gasteiger partial charge < -0.3 is 0 Å². The second-order valence-electron chi connectivity index (χ2n) is 12.0. The molecule has 0 aromatic heterocycles. The molecule has 0 atom stereocenters. The summed E-state index contributed by atoms with van der Waals surface area (Å²) >= 11 is 0. The Hall–Kier alpha value is -0.730. The van der Waals surface area contributed by atoms with Crippen LogP contribution in [0.4, 0.5) is 0 Å². The molecule has 0 aromatic rings. The topological polar surface area (TPSA) is 55.0 Å². The summed E-state index contributed by atoms with van der Waals surface area (Å²) in [4.78, 5) is 0. The Labute approximate surface area is 190 Å². The number of hydrogen-bond acceptors (Lipinski definition) is 0. The van der Waals surface area contributed by atoms with Crippen LogP contribution in [0.15, 0.2) is 0 Å². The molecule has 0 unspecified atom stereocenters. The van der Waals surface area contributed by atoms with Crippen molar-refractivity contribution in [3.63, 3.8) is 0 Å². The molecule has 0 saturated carbocycles.